The molecule has 24 heavy (non-hydrogen) atoms. The SMILES string of the molecule is Cn1c(=O)n(CC(C)(C)C)c2ccc(-c3ccc(C#N)cc3)nc21. The van der Waals surface area contributed by atoms with Crippen molar-refractivity contribution in [1.82, 2.24) is 14.1 Å². The number of aryl methyl sites for hydroxylation is 1. The van der Waals surface area contributed by atoms with E-state index in [1.54, 1.807) is 28.3 Å². The molecule has 0 aliphatic rings. The third-order valence-corrected chi connectivity index (χ3v) is 3.92. The minimum atomic E-state index is -0.0515. The first kappa shape index (κ1) is 16.0. The van der Waals surface area contributed by atoms with Crippen LogP contribution in [-0.4, -0.2) is 14.1 Å². The number of benzene rings is 1. The predicted molar refractivity (Wildman–Crippen MR) is 94.6 cm³/mol. The van der Waals surface area contributed by atoms with Crippen LogP contribution in [0.5, 0.6) is 0 Å². The van der Waals surface area contributed by atoms with Gasteiger partial charge in [-0.3, -0.25) is 9.13 Å². The number of hydrogen-bond donors (Lipinski definition) is 0. The average Bonchev–Trinajstić information content (AvgIpc) is 2.78. The summed E-state index contributed by atoms with van der Waals surface area (Å²) in [6, 6.07) is 13.3. The van der Waals surface area contributed by atoms with E-state index in [4.69, 9.17) is 5.26 Å². The summed E-state index contributed by atoms with van der Waals surface area (Å²) in [6.07, 6.45) is 0. The normalized spacial score (nSPS) is 11.6. The molecule has 2 aromatic heterocycles. The highest BCUT2D eigenvalue weighted by Gasteiger charge is 2.18. The van der Waals surface area contributed by atoms with Crippen molar-refractivity contribution in [1.29, 1.82) is 5.26 Å². The molecule has 3 aromatic rings. The summed E-state index contributed by atoms with van der Waals surface area (Å²) in [6.45, 7) is 6.96. The molecule has 122 valence electrons. The smallest absolute Gasteiger partial charge is 0.290 e. The number of nitrogens with zero attached hydrogens (tertiary/aromatic N) is 4. The van der Waals surface area contributed by atoms with Gasteiger partial charge in [0.25, 0.3) is 0 Å². The maximum absolute atomic E-state index is 12.5. The van der Waals surface area contributed by atoms with Gasteiger partial charge in [0.1, 0.15) is 0 Å². The third kappa shape index (κ3) is 2.83. The van der Waals surface area contributed by atoms with Crippen molar-refractivity contribution in [3.63, 3.8) is 0 Å². The average molecular weight is 320 g/mol. The quantitative estimate of drug-likeness (QED) is 0.727. The summed E-state index contributed by atoms with van der Waals surface area (Å²) in [4.78, 5) is 17.2. The van der Waals surface area contributed by atoms with Crippen LogP contribution in [0, 0.1) is 16.7 Å². The number of rotatable bonds is 2. The molecule has 2 heterocycles. The lowest BCUT2D eigenvalue weighted by Crippen LogP contribution is -2.27. The molecule has 5 heteroatoms. The standard InChI is InChI=1S/C19H20N4O/c1-19(2,3)12-23-16-10-9-15(21-17(16)22(4)18(23)24)14-7-5-13(11-20)6-8-14/h5-10H,12H2,1-4H3. The summed E-state index contributed by atoms with van der Waals surface area (Å²) in [5.74, 6) is 0. The number of aromatic nitrogens is 3. The molecule has 0 spiro atoms. The first-order valence-corrected chi connectivity index (χ1v) is 7.87. The summed E-state index contributed by atoms with van der Waals surface area (Å²) >= 11 is 0. The van der Waals surface area contributed by atoms with Crippen LogP contribution in [0.25, 0.3) is 22.4 Å². The van der Waals surface area contributed by atoms with Gasteiger partial charge in [0, 0.05) is 19.2 Å². The molecule has 0 N–H and O–H groups in total. The van der Waals surface area contributed by atoms with Gasteiger partial charge in [-0.15, -0.1) is 0 Å². The molecule has 0 bridgehead atoms. The molecule has 0 unspecified atom stereocenters. The highest BCUT2D eigenvalue weighted by atomic mass is 16.1. The molecule has 1 aromatic carbocycles. The Morgan fingerprint density at radius 1 is 1.12 bits per heavy atom. The Morgan fingerprint density at radius 3 is 2.38 bits per heavy atom. The number of fused-ring (bicyclic) bond motifs is 1. The van der Waals surface area contributed by atoms with Gasteiger partial charge < -0.3 is 0 Å². The van der Waals surface area contributed by atoms with Crippen LogP contribution < -0.4 is 5.69 Å². The minimum Gasteiger partial charge on any atom is -0.290 e. The summed E-state index contributed by atoms with van der Waals surface area (Å²) < 4.78 is 3.37. The second-order valence-corrected chi connectivity index (χ2v) is 7.22. The van der Waals surface area contributed by atoms with Gasteiger partial charge in [-0.25, -0.2) is 9.78 Å². The Morgan fingerprint density at radius 2 is 1.79 bits per heavy atom. The van der Waals surface area contributed by atoms with Gasteiger partial charge in [0.05, 0.1) is 22.8 Å². The van der Waals surface area contributed by atoms with Crippen LogP contribution in [0.4, 0.5) is 0 Å². The van der Waals surface area contributed by atoms with E-state index in [-0.39, 0.29) is 11.1 Å². The summed E-state index contributed by atoms with van der Waals surface area (Å²) in [5.41, 5.74) is 3.79. The Balaban J connectivity index is 2.14. The van der Waals surface area contributed by atoms with Crippen LogP contribution in [0.2, 0.25) is 0 Å². The number of imidazole rings is 1. The van der Waals surface area contributed by atoms with Gasteiger partial charge in [-0.05, 0) is 29.7 Å². The van der Waals surface area contributed by atoms with Crippen LogP contribution >= 0.6 is 0 Å². The van der Waals surface area contributed by atoms with Crippen molar-refractivity contribution in [3.05, 3.63) is 52.4 Å². The van der Waals surface area contributed by atoms with Crippen molar-refractivity contribution in [2.45, 2.75) is 27.3 Å². The van der Waals surface area contributed by atoms with Crippen molar-refractivity contribution >= 4 is 11.2 Å². The van der Waals surface area contributed by atoms with E-state index in [2.05, 4.69) is 31.8 Å². The van der Waals surface area contributed by atoms with Gasteiger partial charge in [-0.1, -0.05) is 32.9 Å². The first-order chi connectivity index (χ1) is 11.3. The van der Waals surface area contributed by atoms with E-state index < -0.39 is 0 Å². The highest BCUT2D eigenvalue weighted by Crippen LogP contribution is 2.23. The van der Waals surface area contributed by atoms with Gasteiger partial charge >= 0.3 is 5.69 Å². The number of pyridine rings is 1. The zero-order valence-corrected chi connectivity index (χ0v) is 14.4. The van der Waals surface area contributed by atoms with E-state index in [1.165, 1.54) is 0 Å². The van der Waals surface area contributed by atoms with Crippen LogP contribution in [0.15, 0.2) is 41.2 Å². The highest BCUT2D eigenvalue weighted by molar-refractivity contribution is 5.76. The van der Waals surface area contributed by atoms with E-state index in [0.29, 0.717) is 17.8 Å². The fourth-order valence-electron chi connectivity index (χ4n) is 2.78. The van der Waals surface area contributed by atoms with Crippen molar-refractivity contribution in [2.24, 2.45) is 12.5 Å². The molecule has 0 aliphatic carbocycles. The van der Waals surface area contributed by atoms with Crippen LogP contribution in [-0.2, 0) is 13.6 Å². The number of nitriles is 1. The molecule has 0 fully saturated rings. The lowest BCUT2D eigenvalue weighted by molar-refractivity contribution is 0.342. The second kappa shape index (κ2) is 5.64. The molecule has 0 atom stereocenters. The fourth-order valence-corrected chi connectivity index (χ4v) is 2.78. The van der Waals surface area contributed by atoms with E-state index in [9.17, 15) is 4.79 Å². The predicted octanol–water partition coefficient (Wildman–Crippen LogP) is 3.32. The maximum atomic E-state index is 12.5. The van der Waals surface area contributed by atoms with E-state index in [0.717, 1.165) is 16.8 Å². The van der Waals surface area contributed by atoms with Crippen molar-refractivity contribution < 1.29 is 0 Å². The molecule has 0 radical (unpaired) electrons. The molecule has 5 nitrogen and oxygen atoms in total. The second-order valence-electron chi connectivity index (χ2n) is 7.22. The largest absolute Gasteiger partial charge is 0.330 e. The third-order valence-electron chi connectivity index (χ3n) is 3.92. The maximum Gasteiger partial charge on any atom is 0.330 e. The van der Waals surface area contributed by atoms with Crippen LogP contribution in [0.1, 0.15) is 26.3 Å². The first-order valence-electron chi connectivity index (χ1n) is 7.87. The van der Waals surface area contributed by atoms with Crippen molar-refractivity contribution in [3.8, 4) is 17.3 Å². The molecule has 0 saturated heterocycles. The lowest BCUT2D eigenvalue weighted by Gasteiger charge is -2.18. The fraction of sp³-hybridized carbons (Fsp3) is 0.316. The van der Waals surface area contributed by atoms with E-state index >= 15 is 0 Å². The van der Waals surface area contributed by atoms with Gasteiger partial charge in [0.2, 0.25) is 0 Å². The van der Waals surface area contributed by atoms with Crippen LogP contribution in [0.3, 0.4) is 0 Å². The van der Waals surface area contributed by atoms with Crippen molar-refractivity contribution in [2.75, 3.05) is 0 Å². The lowest BCUT2D eigenvalue weighted by atomic mass is 9.97. The molecular weight excluding hydrogens is 300 g/mol. The molecule has 0 amide bonds. The molecular formula is C19H20N4O. The van der Waals surface area contributed by atoms with Gasteiger partial charge in [-0.2, -0.15) is 5.26 Å². The molecule has 0 aliphatic heterocycles. The van der Waals surface area contributed by atoms with E-state index in [1.807, 2.05) is 24.3 Å². The monoisotopic (exact) mass is 320 g/mol. The number of hydrogen-bond acceptors (Lipinski definition) is 3. The Labute approximate surface area is 140 Å². The summed E-state index contributed by atoms with van der Waals surface area (Å²) in [7, 11) is 1.75. The minimum absolute atomic E-state index is 0.00388. The summed E-state index contributed by atoms with van der Waals surface area (Å²) in [5, 5.41) is 8.90. The molecule has 0 saturated carbocycles. The molecule has 3 rings (SSSR count). The Bertz CT molecular complexity index is 995. The van der Waals surface area contributed by atoms with Gasteiger partial charge in [0.15, 0.2) is 5.65 Å². The topological polar surface area (TPSA) is 63.6 Å². The Hall–Kier alpha value is -2.87. The Kier molecular flexibility index (Phi) is 3.76. The zero-order valence-electron chi connectivity index (χ0n) is 14.4. The zero-order chi connectivity index (χ0) is 17.5.